The number of rotatable bonds is 8. The summed E-state index contributed by atoms with van der Waals surface area (Å²) in [4.78, 5) is 13.8. The Hall–Kier alpha value is -3.36. The summed E-state index contributed by atoms with van der Waals surface area (Å²) in [5, 5.41) is 9.97. The van der Waals surface area contributed by atoms with E-state index in [4.69, 9.17) is 21.7 Å². The fourth-order valence-corrected chi connectivity index (χ4v) is 4.77. The number of hydrogen-bond donors (Lipinski definition) is 3. The highest BCUT2D eigenvalue weighted by Crippen LogP contribution is 2.41. The zero-order valence-corrected chi connectivity index (χ0v) is 22.8. The van der Waals surface area contributed by atoms with Gasteiger partial charge in [-0.1, -0.05) is 55.0 Å². The quantitative estimate of drug-likeness (QED) is 0.286. The minimum Gasteiger partial charge on any atom is -0.493 e. The number of nitrogens with one attached hydrogen (secondary N) is 3. The molecule has 0 fully saturated rings. The van der Waals surface area contributed by atoms with Crippen molar-refractivity contribution in [3.05, 3.63) is 93.5 Å². The van der Waals surface area contributed by atoms with Gasteiger partial charge in [0.2, 0.25) is 0 Å². The fraction of sp³-hybridized carbons (Fsp3) is 0.214. The minimum absolute atomic E-state index is 0.244. The van der Waals surface area contributed by atoms with Crippen LogP contribution in [0.3, 0.4) is 0 Å². The number of carbonyl (C=O) groups excluding carboxylic acids is 1. The van der Waals surface area contributed by atoms with Gasteiger partial charge in [-0.15, -0.1) is 0 Å². The molecule has 36 heavy (non-hydrogen) atoms. The monoisotopic (exact) mass is 565 g/mol. The third kappa shape index (κ3) is 5.71. The van der Waals surface area contributed by atoms with Crippen LogP contribution in [0.15, 0.2) is 76.8 Å². The number of ether oxygens (including phenoxy) is 2. The molecule has 0 unspecified atom stereocenters. The topological polar surface area (TPSA) is 71.6 Å². The molecule has 1 amide bonds. The number of amides is 1. The normalized spacial score (nSPS) is 15.1. The van der Waals surface area contributed by atoms with Crippen LogP contribution in [-0.4, -0.2) is 24.7 Å². The summed E-state index contributed by atoms with van der Waals surface area (Å²) in [6, 6.07) is 20.7. The number of halogens is 1. The van der Waals surface area contributed by atoms with E-state index < -0.39 is 6.04 Å². The molecule has 3 N–H and O–H groups in total. The van der Waals surface area contributed by atoms with Crippen LogP contribution in [0.1, 0.15) is 36.1 Å². The molecule has 1 aliphatic heterocycles. The van der Waals surface area contributed by atoms with Crippen LogP contribution < -0.4 is 25.4 Å². The summed E-state index contributed by atoms with van der Waals surface area (Å²) >= 11 is 9.20. The van der Waals surface area contributed by atoms with Gasteiger partial charge in [0.15, 0.2) is 16.6 Å². The van der Waals surface area contributed by atoms with Crippen LogP contribution in [-0.2, 0) is 4.79 Å². The second-order valence-corrected chi connectivity index (χ2v) is 9.65. The number of benzene rings is 3. The van der Waals surface area contributed by atoms with Gasteiger partial charge in [0.1, 0.15) is 0 Å². The van der Waals surface area contributed by atoms with E-state index in [0.29, 0.717) is 40.2 Å². The van der Waals surface area contributed by atoms with Gasteiger partial charge in [0.05, 0.1) is 35.5 Å². The molecular weight excluding hydrogens is 538 g/mol. The second kappa shape index (κ2) is 11.6. The molecule has 0 aromatic heterocycles. The largest absolute Gasteiger partial charge is 0.493 e. The molecular formula is C28H28BrN3O3S. The third-order valence-electron chi connectivity index (χ3n) is 5.72. The highest BCUT2D eigenvalue weighted by Gasteiger charge is 2.33. The van der Waals surface area contributed by atoms with E-state index in [-0.39, 0.29) is 5.91 Å². The first-order valence-corrected chi connectivity index (χ1v) is 12.9. The Kier molecular flexibility index (Phi) is 8.28. The lowest BCUT2D eigenvalue weighted by Gasteiger charge is -2.32. The molecule has 3 aromatic rings. The molecule has 1 aliphatic rings. The minimum atomic E-state index is -0.537. The van der Waals surface area contributed by atoms with Crippen molar-refractivity contribution in [2.45, 2.75) is 26.3 Å². The van der Waals surface area contributed by atoms with Crippen LogP contribution in [0.25, 0.3) is 5.70 Å². The Morgan fingerprint density at radius 2 is 1.83 bits per heavy atom. The molecule has 0 spiro atoms. The molecule has 3 aromatic carbocycles. The molecule has 4 rings (SSSR count). The predicted molar refractivity (Wildman–Crippen MR) is 151 cm³/mol. The maximum Gasteiger partial charge on any atom is 0.256 e. The van der Waals surface area contributed by atoms with Gasteiger partial charge < -0.3 is 25.4 Å². The number of thiocarbonyl (C=S) groups is 1. The second-order valence-electron chi connectivity index (χ2n) is 8.39. The summed E-state index contributed by atoms with van der Waals surface area (Å²) in [6.45, 7) is 4.61. The van der Waals surface area contributed by atoms with E-state index in [0.717, 1.165) is 27.6 Å². The Morgan fingerprint density at radius 1 is 1.11 bits per heavy atom. The molecule has 0 radical (unpaired) electrons. The van der Waals surface area contributed by atoms with Crippen molar-refractivity contribution < 1.29 is 14.3 Å². The van der Waals surface area contributed by atoms with Gasteiger partial charge in [-0.05, 0) is 76.9 Å². The maximum absolute atomic E-state index is 13.8. The zero-order valence-electron chi connectivity index (χ0n) is 20.4. The summed E-state index contributed by atoms with van der Waals surface area (Å²) in [6.07, 6.45) is 0.869. The lowest BCUT2D eigenvalue weighted by Crippen LogP contribution is -2.45. The predicted octanol–water partition coefficient (Wildman–Crippen LogP) is 6.12. The van der Waals surface area contributed by atoms with E-state index in [9.17, 15) is 4.79 Å². The molecule has 1 heterocycles. The molecule has 1 atom stereocenters. The molecule has 0 aliphatic carbocycles. The number of methoxy groups -OCH3 is 1. The molecule has 8 heteroatoms. The SMILES string of the molecule is CCCOc1c(Br)cc([C@H]2NC(=S)NC(c3ccccc3)=C2C(=O)Nc2ccc(C)cc2)cc1OC. The zero-order chi connectivity index (χ0) is 25.7. The van der Waals surface area contributed by atoms with Crippen LogP contribution in [0.4, 0.5) is 5.69 Å². The average molecular weight is 567 g/mol. The van der Waals surface area contributed by atoms with Crippen molar-refractivity contribution in [1.29, 1.82) is 0 Å². The molecule has 0 saturated carbocycles. The van der Waals surface area contributed by atoms with E-state index in [1.165, 1.54) is 0 Å². The van der Waals surface area contributed by atoms with E-state index in [2.05, 4.69) is 31.9 Å². The fourth-order valence-electron chi connectivity index (χ4n) is 3.98. The van der Waals surface area contributed by atoms with Crippen molar-refractivity contribution >= 4 is 50.6 Å². The van der Waals surface area contributed by atoms with Crippen molar-refractivity contribution in [3.8, 4) is 11.5 Å². The van der Waals surface area contributed by atoms with Crippen molar-refractivity contribution in [3.63, 3.8) is 0 Å². The highest BCUT2D eigenvalue weighted by atomic mass is 79.9. The van der Waals surface area contributed by atoms with Crippen molar-refractivity contribution in [2.75, 3.05) is 19.0 Å². The maximum atomic E-state index is 13.8. The van der Waals surface area contributed by atoms with E-state index in [1.54, 1.807) is 7.11 Å². The van der Waals surface area contributed by atoms with Crippen LogP contribution in [0.5, 0.6) is 11.5 Å². The third-order valence-corrected chi connectivity index (χ3v) is 6.53. The van der Waals surface area contributed by atoms with Crippen LogP contribution in [0, 0.1) is 6.92 Å². The number of hydrogen-bond acceptors (Lipinski definition) is 4. The lowest BCUT2D eigenvalue weighted by molar-refractivity contribution is -0.113. The summed E-state index contributed by atoms with van der Waals surface area (Å²) < 4.78 is 12.3. The summed E-state index contributed by atoms with van der Waals surface area (Å²) in [5.41, 5.74) is 4.63. The van der Waals surface area contributed by atoms with Gasteiger partial charge in [0, 0.05) is 5.69 Å². The first-order valence-electron chi connectivity index (χ1n) is 11.7. The van der Waals surface area contributed by atoms with Gasteiger partial charge >= 0.3 is 0 Å². The Morgan fingerprint density at radius 3 is 2.50 bits per heavy atom. The lowest BCUT2D eigenvalue weighted by atomic mass is 9.91. The van der Waals surface area contributed by atoms with Gasteiger partial charge in [-0.2, -0.15) is 0 Å². The molecule has 186 valence electrons. The number of aryl methyl sites for hydroxylation is 1. The Bertz CT molecular complexity index is 1290. The summed E-state index contributed by atoms with van der Waals surface area (Å²) in [5.74, 6) is 0.947. The van der Waals surface area contributed by atoms with Crippen LogP contribution in [0.2, 0.25) is 0 Å². The summed E-state index contributed by atoms with van der Waals surface area (Å²) in [7, 11) is 1.60. The van der Waals surface area contributed by atoms with Crippen molar-refractivity contribution in [2.24, 2.45) is 0 Å². The van der Waals surface area contributed by atoms with Gasteiger partial charge in [0.25, 0.3) is 5.91 Å². The number of carbonyl (C=O) groups is 1. The van der Waals surface area contributed by atoms with Gasteiger partial charge in [-0.3, -0.25) is 4.79 Å². The standard InChI is InChI=1S/C28H28BrN3O3S/c1-4-14-35-26-21(29)15-19(16-22(26)34-3)25-23(27(33)30-20-12-10-17(2)11-13-20)24(31-28(36)32-25)18-8-6-5-7-9-18/h5-13,15-16,25H,4,14H2,1-3H3,(H,30,33)(H2,31,32,36)/t25-/m1/s1. The first-order chi connectivity index (χ1) is 17.4. The molecule has 6 nitrogen and oxygen atoms in total. The van der Waals surface area contributed by atoms with Crippen LogP contribution >= 0.6 is 28.1 Å². The van der Waals surface area contributed by atoms with E-state index in [1.807, 2.05) is 80.6 Å². The average Bonchev–Trinajstić information content (AvgIpc) is 2.88. The molecule has 0 bridgehead atoms. The smallest absolute Gasteiger partial charge is 0.256 e. The molecule has 0 saturated heterocycles. The highest BCUT2D eigenvalue weighted by molar-refractivity contribution is 9.10. The number of anilines is 1. The first kappa shape index (κ1) is 25.7. The van der Waals surface area contributed by atoms with Gasteiger partial charge in [-0.25, -0.2) is 0 Å². The Balaban J connectivity index is 1.84. The van der Waals surface area contributed by atoms with E-state index >= 15 is 0 Å². The Labute approximate surface area is 225 Å². The van der Waals surface area contributed by atoms with Crippen molar-refractivity contribution in [1.82, 2.24) is 10.6 Å².